The standard InChI is InChI=1S/C13H19NO6S/c1-3-20-12(17)10-4-6-11(7-5-10)21(18,19)14-13(2,8-15)9-16/h4-7,14-16H,3,8-9H2,1-2H3. The van der Waals surface area contributed by atoms with Gasteiger partial charge in [0.15, 0.2) is 0 Å². The second-order valence-electron chi connectivity index (χ2n) is 4.73. The Labute approximate surface area is 123 Å². The van der Waals surface area contributed by atoms with E-state index in [1.54, 1.807) is 6.92 Å². The van der Waals surface area contributed by atoms with Gasteiger partial charge in [-0.3, -0.25) is 0 Å². The van der Waals surface area contributed by atoms with Gasteiger partial charge in [0.1, 0.15) is 0 Å². The molecule has 0 aliphatic heterocycles. The molecule has 0 saturated carbocycles. The van der Waals surface area contributed by atoms with Crippen LogP contribution in [0.5, 0.6) is 0 Å². The van der Waals surface area contributed by atoms with Gasteiger partial charge in [0.25, 0.3) is 0 Å². The highest BCUT2D eigenvalue weighted by Crippen LogP contribution is 2.14. The molecule has 1 aromatic rings. The van der Waals surface area contributed by atoms with Crippen LogP contribution in [0.2, 0.25) is 0 Å². The van der Waals surface area contributed by atoms with E-state index in [1.807, 2.05) is 0 Å². The number of ether oxygens (including phenoxy) is 1. The Hall–Kier alpha value is -1.48. The van der Waals surface area contributed by atoms with Gasteiger partial charge in [-0.05, 0) is 38.1 Å². The van der Waals surface area contributed by atoms with Gasteiger partial charge in [0, 0.05) is 0 Å². The third-order valence-electron chi connectivity index (χ3n) is 2.75. The van der Waals surface area contributed by atoms with E-state index in [4.69, 9.17) is 14.9 Å². The van der Waals surface area contributed by atoms with Gasteiger partial charge >= 0.3 is 5.97 Å². The molecule has 7 nitrogen and oxygen atoms in total. The number of rotatable bonds is 7. The van der Waals surface area contributed by atoms with Crippen molar-refractivity contribution in [3.8, 4) is 0 Å². The Morgan fingerprint density at radius 2 is 1.76 bits per heavy atom. The van der Waals surface area contributed by atoms with E-state index >= 15 is 0 Å². The van der Waals surface area contributed by atoms with Crippen molar-refractivity contribution in [2.24, 2.45) is 0 Å². The molecule has 0 saturated heterocycles. The number of esters is 1. The lowest BCUT2D eigenvalue weighted by Crippen LogP contribution is -2.51. The summed E-state index contributed by atoms with van der Waals surface area (Å²) in [6.07, 6.45) is 0. The lowest BCUT2D eigenvalue weighted by atomic mass is 10.1. The van der Waals surface area contributed by atoms with E-state index < -0.39 is 34.7 Å². The first-order valence-corrected chi connectivity index (χ1v) is 7.79. The van der Waals surface area contributed by atoms with Crippen LogP contribution in [0.4, 0.5) is 0 Å². The average molecular weight is 317 g/mol. The molecule has 1 aromatic carbocycles. The summed E-state index contributed by atoms with van der Waals surface area (Å²) < 4.78 is 31.3. The molecule has 0 heterocycles. The molecular weight excluding hydrogens is 298 g/mol. The molecule has 0 bridgehead atoms. The highest BCUT2D eigenvalue weighted by atomic mass is 32.2. The lowest BCUT2D eigenvalue weighted by molar-refractivity contribution is 0.0526. The predicted molar refractivity (Wildman–Crippen MR) is 75.3 cm³/mol. The number of aliphatic hydroxyl groups is 2. The largest absolute Gasteiger partial charge is 0.462 e. The Bertz CT molecular complexity index is 577. The maximum absolute atomic E-state index is 12.1. The van der Waals surface area contributed by atoms with Gasteiger partial charge in [-0.15, -0.1) is 0 Å². The SMILES string of the molecule is CCOC(=O)c1ccc(S(=O)(=O)NC(C)(CO)CO)cc1. The van der Waals surface area contributed by atoms with Crippen molar-refractivity contribution < 1.29 is 28.2 Å². The zero-order chi connectivity index (χ0) is 16.1. The summed E-state index contributed by atoms with van der Waals surface area (Å²) in [5, 5.41) is 18.2. The molecule has 118 valence electrons. The molecule has 0 atom stereocenters. The van der Waals surface area contributed by atoms with E-state index in [0.717, 1.165) is 0 Å². The Morgan fingerprint density at radius 3 is 2.19 bits per heavy atom. The van der Waals surface area contributed by atoms with Gasteiger partial charge in [0.2, 0.25) is 10.0 Å². The van der Waals surface area contributed by atoms with Crippen molar-refractivity contribution >= 4 is 16.0 Å². The number of hydrogen-bond donors (Lipinski definition) is 3. The van der Waals surface area contributed by atoms with Crippen LogP contribution in [-0.2, 0) is 14.8 Å². The summed E-state index contributed by atoms with van der Waals surface area (Å²) >= 11 is 0. The minimum Gasteiger partial charge on any atom is -0.462 e. The van der Waals surface area contributed by atoms with Crippen molar-refractivity contribution in [2.45, 2.75) is 24.3 Å². The first-order valence-electron chi connectivity index (χ1n) is 6.31. The molecule has 21 heavy (non-hydrogen) atoms. The molecule has 0 unspecified atom stereocenters. The molecule has 0 spiro atoms. The first-order chi connectivity index (χ1) is 9.78. The van der Waals surface area contributed by atoms with Gasteiger partial charge in [-0.2, -0.15) is 0 Å². The van der Waals surface area contributed by atoms with Crippen LogP contribution < -0.4 is 4.72 Å². The number of aliphatic hydroxyl groups excluding tert-OH is 2. The molecular formula is C13H19NO6S. The first kappa shape index (κ1) is 17.6. The molecule has 8 heteroatoms. The fourth-order valence-corrected chi connectivity index (χ4v) is 2.87. The Kier molecular flexibility index (Phi) is 5.85. The molecule has 3 N–H and O–H groups in total. The maximum Gasteiger partial charge on any atom is 0.338 e. The topological polar surface area (TPSA) is 113 Å². The highest BCUT2D eigenvalue weighted by molar-refractivity contribution is 7.89. The minimum absolute atomic E-state index is 0.0799. The summed E-state index contributed by atoms with van der Waals surface area (Å²) in [7, 11) is -3.92. The normalized spacial score (nSPS) is 12.2. The second-order valence-corrected chi connectivity index (χ2v) is 6.41. The van der Waals surface area contributed by atoms with E-state index in [1.165, 1.54) is 31.2 Å². The molecule has 0 aliphatic carbocycles. The van der Waals surface area contributed by atoms with E-state index in [0.29, 0.717) is 0 Å². The Balaban J connectivity index is 2.98. The van der Waals surface area contributed by atoms with Crippen molar-refractivity contribution in [1.82, 2.24) is 4.72 Å². The van der Waals surface area contributed by atoms with Gasteiger partial charge < -0.3 is 14.9 Å². The molecule has 0 amide bonds. The van der Waals surface area contributed by atoms with E-state index in [-0.39, 0.29) is 17.1 Å². The zero-order valence-corrected chi connectivity index (χ0v) is 12.7. The van der Waals surface area contributed by atoms with Crippen LogP contribution in [0.3, 0.4) is 0 Å². The monoisotopic (exact) mass is 317 g/mol. The quantitative estimate of drug-likeness (QED) is 0.605. The van der Waals surface area contributed by atoms with Crippen LogP contribution >= 0.6 is 0 Å². The number of sulfonamides is 1. The van der Waals surface area contributed by atoms with Crippen molar-refractivity contribution in [1.29, 1.82) is 0 Å². The second kappa shape index (κ2) is 6.99. The predicted octanol–water partition coefficient (Wildman–Crippen LogP) is -0.115. The third-order valence-corrected chi connectivity index (χ3v) is 4.41. The smallest absolute Gasteiger partial charge is 0.338 e. The third kappa shape index (κ3) is 4.50. The number of nitrogens with one attached hydrogen (secondary N) is 1. The minimum atomic E-state index is -3.92. The summed E-state index contributed by atoms with van der Waals surface area (Å²) in [5.41, 5.74) is -1.12. The number of benzene rings is 1. The number of carbonyl (C=O) groups is 1. The highest BCUT2D eigenvalue weighted by Gasteiger charge is 2.29. The summed E-state index contributed by atoms with van der Waals surface area (Å²) in [6, 6.07) is 5.18. The summed E-state index contributed by atoms with van der Waals surface area (Å²) in [6.45, 7) is 2.17. The van der Waals surface area contributed by atoms with Gasteiger partial charge in [0.05, 0.1) is 35.8 Å². The van der Waals surface area contributed by atoms with E-state index in [9.17, 15) is 13.2 Å². The molecule has 1 rings (SSSR count). The zero-order valence-electron chi connectivity index (χ0n) is 11.9. The lowest BCUT2D eigenvalue weighted by Gasteiger charge is -2.25. The number of carbonyl (C=O) groups excluding carboxylic acids is 1. The van der Waals surface area contributed by atoms with Crippen molar-refractivity contribution in [2.75, 3.05) is 19.8 Å². The summed E-state index contributed by atoms with van der Waals surface area (Å²) in [5.74, 6) is -0.537. The molecule has 0 fully saturated rings. The molecule has 0 radical (unpaired) electrons. The van der Waals surface area contributed by atoms with Crippen LogP contribution in [0.1, 0.15) is 24.2 Å². The van der Waals surface area contributed by atoms with Crippen molar-refractivity contribution in [3.05, 3.63) is 29.8 Å². The average Bonchev–Trinajstić information content (AvgIpc) is 2.47. The fourth-order valence-electron chi connectivity index (χ4n) is 1.48. The fraction of sp³-hybridized carbons (Fsp3) is 0.462. The van der Waals surface area contributed by atoms with Crippen LogP contribution in [0.25, 0.3) is 0 Å². The van der Waals surface area contributed by atoms with Crippen LogP contribution in [0.15, 0.2) is 29.2 Å². The summed E-state index contributed by atoms with van der Waals surface area (Å²) in [4.78, 5) is 11.4. The van der Waals surface area contributed by atoms with Crippen molar-refractivity contribution in [3.63, 3.8) is 0 Å². The van der Waals surface area contributed by atoms with E-state index in [2.05, 4.69) is 4.72 Å². The van der Waals surface area contributed by atoms with Crippen LogP contribution in [0, 0.1) is 0 Å². The number of hydrogen-bond acceptors (Lipinski definition) is 6. The van der Waals surface area contributed by atoms with Gasteiger partial charge in [-0.25, -0.2) is 17.9 Å². The van der Waals surface area contributed by atoms with Gasteiger partial charge in [-0.1, -0.05) is 0 Å². The Morgan fingerprint density at radius 1 is 1.24 bits per heavy atom. The van der Waals surface area contributed by atoms with Crippen LogP contribution in [-0.4, -0.2) is 50.0 Å². The molecule has 0 aliphatic rings. The maximum atomic E-state index is 12.1. The molecule has 0 aromatic heterocycles.